The standard InChI is InChI=1S/C23H26N4O2S/c1-5-14-27-22(18-10-12-19(13-11-18)29-6-2)25-26-23(27)30-15-20(28)24-21-16(3)8-7-9-17(21)4/h5,7-13H,1,6,14-15H2,2-4H3,(H,24,28). The predicted octanol–water partition coefficient (Wildman–Crippen LogP) is 4.88. The molecule has 0 atom stereocenters. The molecule has 0 saturated heterocycles. The first-order chi connectivity index (χ1) is 14.5. The molecule has 156 valence electrons. The van der Waals surface area contributed by atoms with Gasteiger partial charge in [-0.2, -0.15) is 0 Å². The molecule has 0 aliphatic rings. The number of aromatic nitrogens is 3. The van der Waals surface area contributed by atoms with Crippen molar-refractivity contribution in [3.8, 4) is 17.1 Å². The Morgan fingerprint density at radius 2 is 1.87 bits per heavy atom. The average Bonchev–Trinajstić information content (AvgIpc) is 3.13. The lowest BCUT2D eigenvalue weighted by molar-refractivity contribution is -0.113. The summed E-state index contributed by atoms with van der Waals surface area (Å²) in [5.74, 6) is 1.71. The van der Waals surface area contributed by atoms with E-state index >= 15 is 0 Å². The fraction of sp³-hybridized carbons (Fsp3) is 0.261. The Labute approximate surface area is 181 Å². The Morgan fingerprint density at radius 1 is 1.17 bits per heavy atom. The molecule has 1 N–H and O–H groups in total. The molecule has 0 bridgehead atoms. The topological polar surface area (TPSA) is 69.0 Å². The number of carbonyl (C=O) groups is 1. The van der Waals surface area contributed by atoms with E-state index < -0.39 is 0 Å². The van der Waals surface area contributed by atoms with E-state index in [0.717, 1.165) is 34.0 Å². The van der Waals surface area contributed by atoms with Crippen molar-refractivity contribution in [1.82, 2.24) is 14.8 Å². The molecule has 30 heavy (non-hydrogen) atoms. The van der Waals surface area contributed by atoms with Crippen molar-refractivity contribution in [1.29, 1.82) is 0 Å². The van der Waals surface area contributed by atoms with Crippen LogP contribution in [-0.4, -0.2) is 33.0 Å². The molecule has 0 radical (unpaired) electrons. The molecule has 0 aliphatic carbocycles. The summed E-state index contributed by atoms with van der Waals surface area (Å²) in [6.45, 7) is 10.9. The van der Waals surface area contributed by atoms with Crippen molar-refractivity contribution in [2.45, 2.75) is 32.5 Å². The second-order valence-electron chi connectivity index (χ2n) is 6.77. The number of nitrogens with one attached hydrogen (secondary N) is 1. The lowest BCUT2D eigenvalue weighted by Crippen LogP contribution is -2.16. The first-order valence-corrected chi connectivity index (χ1v) is 10.8. The van der Waals surface area contributed by atoms with E-state index in [1.165, 1.54) is 11.8 Å². The number of ether oxygens (including phenoxy) is 1. The van der Waals surface area contributed by atoms with Crippen LogP contribution < -0.4 is 10.1 Å². The number of carbonyl (C=O) groups excluding carboxylic acids is 1. The Kier molecular flexibility index (Phi) is 7.30. The fourth-order valence-electron chi connectivity index (χ4n) is 3.09. The van der Waals surface area contributed by atoms with Crippen LogP contribution in [0.1, 0.15) is 18.1 Å². The predicted molar refractivity (Wildman–Crippen MR) is 122 cm³/mol. The molecule has 0 fully saturated rings. The van der Waals surface area contributed by atoms with E-state index in [1.807, 2.05) is 67.8 Å². The number of allylic oxidation sites excluding steroid dienone is 1. The van der Waals surface area contributed by atoms with Gasteiger partial charge >= 0.3 is 0 Å². The molecular weight excluding hydrogens is 396 g/mol. The molecule has 0 spiro atoms. The van der Waals surface area contributed by atoms with Gasteiger partial charge in [-0.05, 0) is 56.2 Å². The summed E-state index contributed by atoms with van der Waals surface area (Å²) < 4.78 is 7.46. The first-order valence-electron chi connectivity index (χ1n) is 9.79. The van der Waals surface area contributed by atoms with Crippen molar-refractivity contribution in [3.05, 3.63) is 66.2 Å². The van der Waals surface area contributed by atoms with Crippen LogP contribution in [0.2, 0.25) is 0 Å². The second-order valence-corrected chi connectivity index (χ2v) is 7.71. The molecule has 7 heteroatoms. The van der Waals surface area contributed by atoms with Crippen LogP contribution in [0, 0.1) is 13.8 Å². The van der Waals surface area contributed by atoms with Gasteiger partial charge in [-0.15, -0.1) is 16.8 Å². The van der Waals surface area contributed by atoms with Gasteiger partial charge in [0.15, 0.2) is 11.0 Å². The summed E-state index contributed by atoms with van der Waals surface area (Å²) in [5.41, 5.74) is 3.88. The van der Waals surface area contributed by atoms with Crippen molar-refractivity contribution in [3.63, 3.8) is 0 Å². The van der Waals surface area contributed by atoms with Gasteiger partial charge in [-0.3, -0.25) is 9.36 Å². The number of thioether (sulfide) groups is 1. The monoisotopic (exact) mass is 422 g/mol. The third-order valence-electron chi connectivity index (χ3n) is 4.53. The zero-order valence-electron chi connectivity index (χ0n) is 17.5. The van der Waals surface area contributed by atoms with E-state index in [2.05, 4.69) is 22.1 Å². The summed E-state index contributed by atoms with van der Waals surface area (Å²) in [6, 6.07) is 13.7. The highest BCUT2D eigenvalue weighted by atomic mass is 32.2. The quantitative estimate of drug-likeness (QED) is 0.393. The zero-order chi connectivity index (χ0) is 21.5. The van der Waals surface area contributed by atoms with Gasteiger partial charge in [-0.1, -0.05) is 36.0 Å². The lowest BCUT2D eigenvalue weighted by atomic mass is 10.1. The minimum Gasteiger partial charge on any atom is -0.494 e. The zero-order valence-corrected chi connectivity index (χ0v) is 18.3. The maximum absolute atomic E-state index is 12.5. The molecule has 0 aliphatic heterocycles. The second kappa shape index (κ2) is 10.1. The molecule has 1 aromatic heterocycles. The van der Waals surface area contributed by atoms with Crippen LogP contribution in [0.15, 0.2) is 60.3 Å². The van der Waals surface area contributed by atoms with E-state index in [4.69, 9.17) is 4.74 Å². The van der Waals surface area contributed by atoms with Gasteiger partial charge in [0.1, 0.15) is 5.75 Å². The molecule has 2 aromatic carbocycles. The van der Waals surface area contributed by atoms with Crippen LogP contribution in [0.5, 0.6) is 5.75 Å². The van der Waals surface area contributed by atoms with Gasteiger partial charge in [-0.25, -0.2) is 0 Å². The van der Waals surface area contributed by atoms with Crippen LogP contribution in [0.25, 0.3) is 11.4 Å². The van der Waals surface area contributed by atoms with Gasteiger partial charge in [0, 0.05) is 17.8 Å². The number of anilines is 1. The maximum Gasteiger partial charge on any atom is 0.234 e. The van der Waals surface area contributed by atoms with Crippen molar-refractivity contribution < 1.29 is 9.53 Å². The fourth-order valence-corrected chi connectivity index (χ4v) is 3.83. The summed E-state index contributed by atoms with van der Waals surface area (Å²) in [7, 11) is 0. The SMILES string of the molecule is C=CCn1c(SCC(=O)Nc2c(C)cccc2C)nnc1-c1ccc(OCC)cc1. The molecular formula is C23H26N4O2S. The summed E-state index contributed by atoms with van der Waals surface area (Å²) in [5, 5.41) is 12.3. The molecule has 1 heterocycles. The summed E-state index contributed by atoms with van der Waals surface area (Å²) >= 11 is 1.36. The van der Waals surface area contributed by atoms with Gasteiger partial charge in [0.05, 0.1) is 12.4 Å². The van der Waals surface area contributed by atoms with E-state index in [0.29, 0.717) is 18.3 Å². The van der Waals surface area contributed by atoms with Crippen molar-refractivity contribution >= 4 is 23.4 Å². The first kappa shape index (κ1) is 21.6. The Hall–Kier alpha value is -3.06. The molecule has 3 aromatic rings. The van der Waals surface area contributed by atoms with Crippen LogP contribution in [0.3, 0.4) is 0 Å². The molecule has 0 saturated carbocycles. The highest BCUT2D eigenvalue weighted by Gasteiger charge is 2.16. The number of hydrogen-bond acceptors (Lipinski definition) is 5. The van der Waals surface area contributed by atoms with E-state index in [-0.39, 0.29) is 11.7 Å². The average molecular weight is 423 g/mol. The Balaban J connectivity index is 1.73. The number of amides is 1. The van der Waals surface area contributed by atoms with Crippen molar-refractivity contribution in [2.75, 3.05) is 17.7 Å². The number of para-hydroxylation sites is 1. The minimum absolute atomic E-state index is 0.0758. The normalized spacial score (nSPS) is 10.6. The maximum atomic E-state index is 12.5. The highest BCUT2D eigenvalue weighted by Crippen LogP contribution is 2.26. The number of nitrogens with zero attached hydrogens (tertiary/aromatic N) is 3. The van der Waals surface area contributed by atoms with Gasteiger partial charge < -0.3 is 10.1 Å². The van der Waals surface area contributed by atoms with Gasteiger partial charge in [0.25, 0.3) is 0 Å². The summed E-state index contributed by atoms with van der Waals surface area (Å²) in [6.07, 6.45) is 1.79. The van der Waals surface area contributed by atoms with Crippen molar-refractivity contribution in [2.24, 2.45) is 0 Å². The molecule has 3 rings (SSSR count). The highest BCUT2D eigenvalue weighted by molar-refractivity contribution is 7.99. The number of hydrogen-bond donors (Lipinski definition) is 1. The Bertz CT molecular complexity index is 1010. The Morgan fingerprint density at radius 3 is 2.50 bits per heavy atom. The third-order valence-corrected chi connectivity index (χ3v) is 5.50. The van der Waals surface area contributed by atoms with E-state index in [1.54, 1.807) is 6.08 Å². The number of benzene rings is 2. The summed E-state index contributed by atoms with van der Waals surface area (Å²) in [4.78, 5) is 12.5. The van der Waals surface area contributed by atoms with E-state index in [9.17, 15) is 4.79 Å². The minimum atomic E-state index is -0.0758. The number of aryl methyl sites for hydroxylation is 2. The lowest BCUT2D eigenvalue weighted by Gasteiger charge is -2.11. The smallest absolute Gasteiger partial charge is 0.234 e. The van der Waals surface area contributed by atoms with Crippen LogP contribution >= 0.6 is 11.8 Å². The molecule has 0 unspecified atom stereocenters. The molecule has 1 amide bonds. The molecule has 6 nitrogen and oxygen atoms in total. The third kappa shape index (κ3) is 5.10. The van der Waals surface area contributed by atoms with Crippen LogP contribution in [-0.2, 0) is 11.3 Å². The van der Waals surface area contributed by atoms with Crippen LogP contribution in [0.4, 0.5) is 5.69 Å². The largest absolute Gasteiger partial charge is 0.494 e. The number of rotatable bonds is 9. The van der Waals surface area contributed by atoms with Gasteiger partial charge in [0.2, 0.25) is 5.91 Å².